The molecule has 0 aliphatic rings. The van der Waals surface area contributed by atoms with Gasteiger partial charge in [0.1, 0.15) is 16.7 Å². The number of sulfonamides is 1. The molecule has 1 rings (SSSR count). The lowest BCUT2D eigenvalue weighted by Gasteiger charge is -2.16. The van der Waals surface area contributed by atoms with Crippen molar-refractivity contribution < 1.29 is 32.3 Å². The van der Waals surface area contributed by atoms with Crippen molar-refractivity contribution in [2.45, 2.75) is 38.1 Å². The van der Waals surface area contributed by atoms with Crippen LogP contribution in [0.5, 0.6) is 0 Å². The van der Waals surface area contributed by atoms with E-state index in [1.54, 1.807) is 13.8 Å². The number of hydrogen-bond donors (Lipinski definition) is 2. The molecule has 0 aliphatic heterocycles. The Morgan fingerprint density at radius 1 is 1.41 bits per heavy atom. The molecular weight excluding hydrogens is 314 g/mol. The Morgan fingerprint density at radius 2 is 2.00 bits per heavy atom. The molecular formula is C13H19NO7S. The smallest absolute Gasteiger partial charge is 0.373 e. The minimum atomic E-state index is -4.13. The standard InChI is InChI=1S/C13H19NO7S/c1-7(2)5-9(12(15)16)14-22(18,19)11-6-10(13(17)20-4)21-8(11)3/h6-7,9,14H,5H2,1-4H3,(H,15,16)/t9-/m1/s1. The van der Waals surface area contributed by atoms with Crippen LogP contribution in [-0.4, -0.2) is 38.6 Å². The number of nitrogens with one attached hydrogen (secondary N) is 1. The molecule has 0 radical (unpaired) electrons. The Hall–Kier alpha value is -1.87. The molecule has 22 heavy (non-hydrogen) atoms. The lowest BCUT2D eigenvalue weighted by Crippen LogP contribution is -2.41. The summed E-state index contributed by atoms with van der Waals surface area (Å²) in [5.41, 5.74) is 0. The van der Waals surface area contributed by atoms with E-state index >= 15 is 0 Å². The van der Waals surface area contributed by atoms with Crippen LogP contribution in [0.3, 0.4) is 0 Å². The van der Waals surface area contributed by atoms with E-state index in [1.165, 1.54) is 6.92 Å². The number of carboxylic acids is 1. The summed E-state index contributed by atoms with van der Waals surface area (Å²) >= 11 is 0. The molecule has 0 aliphatic carbocycles. The first-order chi connectivity index (χ1) is 10.1. The molecule has 9 heteroatoms. The van der Waals surface area contributed by atoms with Gasteiger partial charge in [0, 0.05) is 6.07 Å². The Morgan fingerprint density at radius 3 is 2.45 bits per heavy atom. The summed E-state index contributed by atoms with van der Waals surface area (Å²) in [6, 6.07) is -0.251. The number of carboxylic acid groups (broad SMARTS) is 1. The number of esters is 1. The van der Waals surface area contributed by atoms with Crippen molar-refractivity contribution in [3.8, 4) is 0 Å². The second-order valence-electron chi connectivity index (χ2n) is 5.16. The summed E-state index contributed by atoms with van der Waals surface area (Å²) in [4.78, 5) is 22.2. The van der Waals surface area contributed by atoms with Crippen LogP contribution in [0.4, 0.5) is 0 Å². The molecule has 0 spiro atoms. The fourth-order valence-corrected chi connectivity index (χ4v) is 3.24. The highest BCUT2D eigenvalue weighted by atomic mass is 32.2. The van der Waals surface area contributed by atoms with Crippen molar-refractivity contribution in [2.75, 3.05) is 7.11 Å². The van der Waals surface area contributed by atoms with E-state index in [2.05, 4.69) is 9.46 Å². The summed E-state index contributed by atoms with van der Waals surface area (Å²) in [5, 5.41) is 9.11. The molecule has 0 saturated carbocycles. The van der Waals surface area contributed by atoms with Gasteiger partial charge in [-0.3, -0.25) is 4.79 Å². The Kier molecular flexibility index (Phi) is 5.72. The third-order valence-electron chi connectivity index (χ3n) is 2.85. The largest absolute Gasteiger partial charge is 0.480 e. The summed E-state index contributed by atoms with van der Waals surface area (Å²) in [6.45, 7) is 4.92. The van der Waals surface area contributed by atoms with E-state index in [0.29, 0.717) is 0 Å². The molecule has 0 amide bonds. The Labute approximate surface area is 128 Å². The maximum atomic E-state index is 12.3. The van der Waals surface area contributed by atoms with Crippen LogP contribution in [0.1, 0.15) is 36.6 Å². The first-order valence-electron chi connectivity index (χ1n) is 6.52. The van der Waals surface area contributed by atoms with Gasteiger partial charge in [0.25, 0.3) is 0 Å². The van der Waals surface area contributed by atoms with Crippen molar-refractivity contribution in [2.24, 2.45) is 5.92 Å². The second kappa shape index (κ2) is 6.93. The highest BCUT2D eigenvalue weighted by Crippen LogP contribution is 2.21. The number of hydrogen-bond acceptors (Lipinski definition) is 6. The molecule has 8 nitrogen and oxygen atoms in total. The van der Waals surface area contributed by atoms with Crippen LogP contribution >= 0.6 is 0 Å². The van der Waals surface area contributed by atoms with Crippen molar-refractivity contribution in [1.29, 1.82) is 0 Å². The number of aryl methyl sites for hydroxylation is 1. The topological polar surface area (TPSA) is 123 Å². The lowest BCUT2D eigenvalue weighted by atomic mass is 10.1. The first-order valence-corrected chi connectivity index (χ1v) is 8.00. The highest BCUT2D eigenvalue weighted by molar-refractivity contribution is 7.89. The Bertz CT molecular complexity index is 660. The predicted octanol–water partition coefficient (Wildman–Crippen LogP) is 1.15. The van der Waals surface area contributed by atoms with Crippen LogP contribution in [0.15, 0.2) is 15.4 Å². The van der Waals surface area contributed by atoms with Crippen molar-refractivity contribution in [3.05, 3.63) is 17.6 Å². The minimum absolute atomic E-state index is 0.0140. The SMILES string of the molecule is COC(=O)c1cc(S(=O)(=O)N[C@H](CC(C)C)C(=O)O)c(C)o1. The zero-order valence-corrected chi connectivity index (χ0v) is 13.6. The maximum absolute atomic E-state index is 12.3. The van der Waals surface area contributed by atoms with Gasteiger partial charge >= 0.3 is 11.9 Å². The van der Waals surface area contributed by atoms with Gasteiger partial charge in [0.15, 0.2) is 0 Å². The summed E-state index contributed by atoms with van der Waals surface area (Å²) in [7, 11) is -3.00. The zero-order valence-electron chi connectivity index (χ0n) is 12.7. The fourth-order valence-electron chi connectivity index (χ4n) is 1.85. The average molecular weight is 333 g/mol. The van der Waals surface area contributed by atoms with Gasteiger partial charge in [-0.2, -0.15) is 4.72 Å². The van der Waals surface area contributed by atoms with Gasteiger partial charge in [-0.1, -0.05) is 13.8 Å². The van der Waals surface area contributed by atoms with E-state index in [1.807, 2.05) is 0 Å². The van der Waals surface area contributed by atoms with Crippen LogP contribution < -0.4 is 4.72 Å². The predicted molar refractivity (Wildman–Crippen MR) is 76.0 cm³/mol. The van der Waals surface area contributed by atoms with Gasteiger partial charge < -0.3 is 14.3 Å². The average Bonchev–Trinajstić information content (AvgIpc) is 2.79. The highest BCUT2D eigenvalue weighted by Gasteiger charge is 2.30. The molecule has 0 saturated heterocycles. The minimum Gasteiger partial charge on any atom is -0.480 e. The molecule has 1 aromatic rings. The van der Waals surface area contributed by atoms with Crippen LogP contribution in [-0.2, 0) is 19.6 Å². The van der Waals surface area contributed by atoms with E-state index in [9.17, 15) is 18.0 Å². The van der Waals surface area contributed by atoms with Crippen LogP contribution in [0, 0.1) is 12.8 Å². The summed E-state index contributed by atoms with van der Waals surface area (Å²) in [5.74, 6) is -2.40. The molecule has 1 aromatic heterocycles. The number of rotatable bonds is 7. The molecule has 1 atom stereocenters. The molecule has 1 heterocycles. The van der Waals surface area contributed by atoms with Gasteiger partial charge in [0.05, 0.1) is 7.11 Å². The van der Waals surface area contributed by atoms with Crippen molar-refractivity contribution >= 4 is 22.0 Å². The molecule has 124 valence electrons. The van der Waals surface area contributed by atoms with E-state index < -0.39 is 28.0 Å². The van der Waals surface area contributed by atoms with E-state index in [0.717, 1.165) is 13.2 Å². The van der Waals surface area contributed by atoms with Crippen LogP contribution in [0.25, 0.3) is 0 Å². The molecule has 2 N–H and O–H groups in total. The first kappa shape index (κ1) is 18.2. The zero-order chi connectivity index (χ0) is 17.1. The van der Waals surface area contributed by atoms with Gasteiger partial charge in [-0.15, -0.1) is 0 Å². The Balaban J connectivity index is 3.10. The summed E-state index contributed by atoms with van der Waals surface area (Å²) in [6.07, 6.45) is 0.134. The van der Waals surface area contributed by atoms with Gasteiger partial charge in [-0.05, 0) is 19.3 Å². The van der Waals surface area contributed by atoms with Gasteiger partial charge in [0.2, 0.25) is 15.8 Å². The quantitative estimate of drug-likeness (QED) is 0.717. The van der Waals surface area contributed by atoms with E-state index in [4.69, 9.17) is 9.52 Å². The van der Waals surface area contributed by atoms with E-state index in [-0.39, 0.29) is 28.8 Å². The normalized spacial score (nSPS) is 13.1. The van der Waals surface area contributed by atoms with Crippen LogP contribution in [0.2, 0.25) is 0 Å². The summed E-state index contributed by atoms with van der Waals surface area (Å²) < 4.78 is 36.2. The number of carbonyl (C=O) groups excluding carboxylic acids is 1. The molecule has 0 unspecified atom stereocenters. The molecule has 0 bridgehead atoms. The molecule has 0 fully saturated rings. The number of aliphatic carboxylic acids is 1. The number of furan rings is 1. The lowest BCUT2D eigenvalue weighted by molar-refractivity contribution is -0.139. The monoisotopic (exact) mass is 333 g/mol. The number of ether oxygens (including phenoxy) is 1. The van der Waals surface area contributed by atoms with Crippen molar-refractivity contribution in [3.63, 3.8) is 0 Å². The fraction of sp³-hybridized carbons (Fsp3) is 0.538. The van der Waals surface area contributed by atoms with Gasteiger partial charge in [-0.25, -0.2) is 13.2 Å². The third-order valence-corrected chi connectivity index (χ3v) is 4.43. The molecule has 0 aromatic carbocycles. The maximum Gasteiger partial charge on any atom is 0.373 e. The van der Waals surface area contributed by atoms with Crippen molar-refractivity contribution in [1.82, 2.24) is 4.72 Å². The third kappa shape index (κ3) is 4.31. The second-order valence-corrected chi connectivity index (χ2v) is 6.85. The number of methoxy groups -OCH3 is 1. The number of carbonyl (C=O) groups is 2.